The van der Waals surface area contributed by atoms with E-state index in [9.17, 15) is 9.50 Å². The minimum absolute atomic E-state index is 0.125. The molecular weight excluding hydrogens is 255 g/mol. The van der Waals surface area contributed by atoms with Gasteiger partial charge in [0.2, 0.25) is 0 Å². The summed E-state index contributed by atoms with van der Waals surface area (Å²) >= 11 is 0. The second-order valence-electron chi connectivity index (χ2n) is 4.87. The highest BCUT2D eigenvalue weighted by molar-refractivity contribution is 5.54. The van der Waals surface area contributed by atoms with Gasteiger partial charge in [0.05, 0.1) is 12.3 Å². The Hall–Kier alpha value is -1.13. The number of aliphatic hydroxyl groups excluding tert-OH is 1. The van der Waals surface area contributed by atoms with Crippen LogP contribution in [-0.2, 0) is 6.61 Å². The molecule has 0 bridgehead atoms. The van der Waals surface area contributed by atoms with E-state index in [0.717, 1.165) is 39.1 Å². The molecule has 1 aromatic carbocycles. The van der Waals surface area contributed by atoms with Gasteiger partial charge >= 0.3 is 0 Å². The number of hydrogen-bond acceptors (Lipinski definition) is 3. The molecule has 1 aromatic rings. The van der Waals surface area contributed by atoms with E-state index in [4.69, 9.17) is 0 Å². The van der Waals surface area contributed by atoms with Crippen LogP contribution in [0.5, 0.6) is 0 Å². The van der Waals surface area contributed by atoms with Gasteiger partial charge in [-0.05, 0) is 39.0 Å². The summed E-state index contributed by atoms with van der Waals surface area (Å²) in [6, 6.07) is 4.89. The number of halogens is 1. The van der Waals surface area contributed by atoms with Crippen LogP contribution in [0.2, 0.25) is 0 Å². The van der Waals surface area contributed by atoms with E-state index in [1.807, 2.05) is 11.8 Å². The first-order chi connectivity index (χ1) is 9.67. The number of aliphatic hydroxyl groups is 1. The molecule has 0 spiro atoms. The molecule has 4 heteroatoms. The van der Waals surface area contributed by atoms with Gasteiger partial charge in [-0.2, -0.15) is 0 Å². The summed E-state index contributed by atoms with van der Waals surface area (Å²) in [4.78, 5) is 4.38. The van der Waals surface area contributed by atoms with Crippen molar-refractivity contribution in [1.82, 2.24) is 4.90 Å². The van der Waals surface area contributed by atoms with Crippen molar-refractivity contribution < 1.29 is 9.50 Å². The molecule has 114 valence electrons. The summed E-state index contributed by atoms with van der Waals surface area (Å²) < 4.78 is 14.0. The van der Waals surface area contributed by atoms with Crippen LogP contribution in [-0.4, -0.2) is 42.7 Å². The van der Waals surface area contributed by atoms with Crippen LogP contribution in [0.1, 0.15) is 32.8 Å². The molecule has 0 unspecified atom stereocenters. The molecular formula is C16H27FN2O. The zero-order valence-corrected chi connectivity index (χ0v) is 12.9. The van der Waals surface area contributed by atoms with Gasteiger partial charge in [-0.3, -0.25) is 0 Å². The lowest BCUT2D eigenvalue weighted by atomic mass is 10.1. The average molecular weight is 282 g/mol. The van der Waals surface area contributed by atoms with Gasteiger partial charge in [0.25, 0.3) is 0 Å². The highest BCUT2D eigenvalue weighted by atomic mass is 19.1. The zero-order valence-electron chi connectivity index (χ0n) is 12.9. The van der Waals surface area contributed by atoms with Crippen LogP contribution in [0.4, 0.5) is 10.1 Å². The van der Waals surface area contributed by atoms with E-state index in [-0.39, 0.29) is 12.4 Å². The summed E-state index contributed by atoms with van der Waals surface area (Å²) in [7, 11) is 0. The van der Waals surface area contributed by atoms with Gasteiger partial charge < -0.3 is 14.9 Å². The molecule has 0 amide bonds. The second-order valence-corrected chi connectivity index (χ2v) is 4.87. The van der Waals surface area contributed by atoms with E-state index in [1.54, 1.807) is 12.1 Å². The van der Waals surface area contributed by atoms with Gasteiger partial charge in [-0.15, -0.1) is 0 Å². The summed E-state index contributed by atoms with van der Waals surface area (Å²) in [6.07, 6.45) is 0.995. The van der Waals surface area contributed by atoms with Gasteiger partial charge in [0.15, 0.2) is 0 Å². The Kier molecular flexibility index (Phi) is 7.55. The van der Waals surface area contributed by atoms with Crippen LogP contribution < -0.4 is 4.90 Å². The number of nitrogens with zero attached hydrogens (tertiary/aromatic N) is 2. The van der Waals surface area contributed by atoms with Crippen LogP contribution in [0.25, 0.3) is 0 Å². The predicted octanol–water partition coefficient (Wildman–Crippen LogP) is 2.88. The maximum absolute atomic E-state index is 14.0. The Bertz CT molecular complexity index is 394. The Morgan fingerprint density at radius 1 is 1.05 bits per heavy atom. The smallest absolute Gasteiger partial charge is 0.146 e. The fourth-order valence-electron chi connectivity index (χ4n) is 2.49. The quantitative estimate of drug-likeness (QED) is 0.754. The largest absolute Gasteiger partial charge is 0.392 e. The first-order valence-corrected chi connectivity index (χ1v) is 7.53. The monoisotopic (exact) mass is 282 g/mol. The Labute approximate surface area is 122 Å². The van der Waals surface area contributed by atoms with Crippen molar-refractivity contribution in [3.8, 4) is 0 Å². The minimum Gasteiger partial charge on any atom is -0.392 e. The predicted molar refractivity (Wildman–Crippen MR) is 82.6 cm³/mol. The molecule has 0 saturated heterocycles. The molecule has 0 saturated carbocycles. The molecule has 0 atom stereocenters. The molecule has 0 radical (unpaired) electrons. The van der Waals surface area contributed by atoms with E-state index in [2.05, 4.69) is 18.7 Å². The van der Waals surface area contributed by atoms with E-state index in [0.29, 0.717) is 11.3 Å². The number of anilines is 1. The van der Waals surface area contributed by atoms with Crippen molar-refractivity contribution in [1.29, 1.82) is 0 Å². The topological polar surface area (TPSA) is 26.7 Å². The van der Waals surface area contributed by atoms with Crippen molar-refractivity contribution in [2.75, 3.05) is 37.6 Å². The first kappa shape index (κ1) is 16.9. The summed E-state index contributed by atoms with van der Waals surface area (Å²) in [5.74, 6) is -0.249. The van der Waals surface area contributed by atoms with Crippen molar-refractivity contribution in [3.63, 3.8) is 0 Å². The molecule has 1 N–H and O–H groups in total. The number of para-hydroxylation sites is 1. The molecule has 0 aliphatic heterocycles. The maximum atomic E-state index is 14.0. The summed E-state index contributed by atoms with van der Waals surface area (Å²) in [5, 5.41) is 9.38. The highest BCUT2D eigenvalue weighted by Crippen LogP contribution is 2.24. The van der Waals surface area contributed by atoms with Crippen LogP contribution in [0, 0.1) is 5.82 Å². The first-order valence-electron chi connectivity index (χ1n) is 7.53. The molecule has 3 nitrogen and oxygen atoms in total. The third-order valence-corrected chi connectivity index (χ3v) is 3.74. The Morgan fingerprint density at radius 2 is 1.75 bits per heavy atom. The third kappa shape index (κ3) is 4.46. The Morgan fingerprint density at radius 3 is 2.30 bits per heavy atom. The molecule has 20 heavy (non-hydrogen) atoms. The normalized spacial score (nSPS) is 11.1. The van der Waals surface area contributed by atoms with E-state index in [1.165, 1.54) is 6.07 Å². The van der Waals surface area contributed by atoms with Gasteiger partial charge in [-0.25, -0.2) is 4.39 Å². The van der Waals surface area contributed by atoms with Crippen LogP contribution in [0.15, 0.2) is 18.2 Å². The second kappa shape index (κ2) is 8.93. The fourth-order valence-corrected chi connectivity index (χ4v) is 2.49. The molecule has 0 fully saturated rings. The van der Waals surface area contributed by atoms with Gasteiger partial charge in [-0.1, -0.05) is 26.0 Å². The fraction of sp³-hybridized carbons (Fsp3) is 0.625. The zero-order chi connectivity index (χ0) is 15.0. The summed E-state index contributed by atoms with van der Waals surface area (Å²) in [6.45, 7) is 10.9. The highest BCUT2D eigenvalue weighted by Gasteiger charge is 2.14. The standard InChI is InChI=1S/C16H27FN2O/c1-4-18(5-2)11-8-12-19(6-3)16-14(13-20)9-7-10-15(16)17/h7,9-10,20H,4-6,8,11-13H2,1-3H3. The Balaban J connectivity index is 2.71. The van der Waals surface area contributed by atoms with E-state index < -0.39 is 0 Å². The summed E-state index contributed by atoms with van der Waals surface area (Å²) in [5.41, 5.74) is 1.21. The lowest BCUT2D eigenvalue weighted by molar-refractivity contribution is 0.281. The third-order valence-electron chi connectivity index (χ3n) is 3.74. The molecule has 1 rings (SSSR count). The lowest BCUT2D eigenvalue weighted by Crippen LogP contribution is -2.31. The van der Waals surface area contributed by atoms with Crippen molar-refractivity contribution in [2.45, 2.75) is 33.8 Å². The molecule has 0 aliphatic rings. The lowest BCUT2D eigenvalue weighted by Gasteiger charge is -2.27. The number of rotatable bonds is 9. The molecule has 0 aliphatic carbocycles. The van der Waals surface area contributed by atoms with E-state index >= 15 is 0 Å². The molecule has 0 heterocycles. The van der Waals surface area contributed by atoms with Crippen molar-refractivity contribution in [3.05, 3.63) is 29.6 Å². The number of hydrogen-bond donors (Lipinski definition) is 1. The average Bonchev–Trinajstić information content (AvgIpc) is 2.48. The maximum Gasteiger partial charge on any atom is 0.146 e. The van der Waals surface area contributed by atoms with Crippen molar-refractivity contribution in [2.24, 2.45) is 0 Å². The van der Waals surface area contributed by atoms with Gasteiger partial charge in [0.1, 0.15) is 5.82 Å². The van der Waals surface area contributed by atoms with Crippen molar-refractivity contribution >= 4 is 5.69 Å². The SMILES string of the molecule is CCN(CC)CCCN(CC)c1c(F)cccc1CO. The minimum atomic E-state index is -0.249. The number of benzene rings is 1. The van der Waals surface area contributed by atoms with Gasteiger partial charge in [0, 0.05) is 18.7 Å². The molecule has 0 aromatic heterocycles. The van der Waals surface area contributed by atoms with Crippen LogP contribution in [0.3, 0.4) is 0 Å². The van der Waals surface area contributed by atoms with Crippen LogP contribution >= 0.6 is 0 Å².